The lowest BCUT2D eigenvalue weighted by Gasteiger charge is -2.18. The normalized spacial score (nSPS) is 16.0. The molecule has 0 saturated carbocycles. The maximum atomic E-state index is 14.4. The molecule has 190 valence electrons. The predicted octanol–water partition coefficient (Wildman–Crippen LogP) is 3.02. The average molecular weight is 508 g/mol. The number of carbonyl (C=O) groups is 2. The summed E-state index contributed by atoms with van der Waals surface area (Å²) in [4.78, 5) is 48.1. The van der Waals surface area contributed by atoms with Crippen LogP contribution in [0.1, 0.15) is 40.5 Å². The largest absolute Gasteiger partial charge is 0.462 e. The van der Waals surface area contributed by atoms with Crippen LogP contribution in [0.15, 0.2) is 58.4 Å². The van der Waals surface area contributed by atoms with Gasteiger partial charge in [0.2, 0.25) is 0 Å². The summed E-state index contributed by atoms with van der Waals surface area (Å²) in [6.07, 6.45) is 2.70. The van der Waals surface area contributed by atoms with Gasteiger partial charge in [-0.15, -0.1) is 0 Å². The topological polar surface area (TPSA) is 104 Å². The van der Waals surface area contributed by atoms with Crippen LogP contribution >= 0.6 is 0 Å². The standard InChI is InChI=1S/C26H22F2N4O5/c1-2-36-26(35)17-13-16-22(29-20-10-3-4-11-31(20)25(16)34)32(14-15-7-6-12-37-15)23(17)30-24(33)21-18(27)8-5-9-19(21)28/h3-5,8-11,13,15H,2,6-7,12,14H2,1H3/t15-/m1/s1. The van der Waals surface area contributed by atoms with Gasteiger partial charge in [-0.25, -0.2) is 18.6 Å². The van der Waals surface area contributed by atoms with Crippen molar-refractivity contribution < 1.29 is 27.8 Å². The number of aromatic nitrogens is 3. The number of fused-ring (bicyclic) bond motifs is 2. The molecule has 0 aliphatic carbocycles. The highest BCUT2D eigenvalue weighted by Gasteiger charge is 2.25. The molecule has 1 aliphatic rings. The first-order chi connectivity index (χ1) is 17.9. The number of benzene rings is 1. The fourth-order valence-corrected chi connectivity index (χ4v) is 4.38. The maximum absolute atomic E-state index is 14.4. The highest BCUT2D eigenvalue weighted by molar-refractivity contribution is 5.97. The van der Waals surface area contributed by atoms with Crippen LogP contribution in [0.5, 0.6) is 0 Å². The fourth-order valence-electron chi connectivity index (χ4n) is 4.38. The summed E-state index contributed by atoms with van der Waals surface area (Å²) in [5.41, 5.74) is -1.31. The second kappa shape index (κ2) is 10.0. The van der Waals surface area contributed by atoms with Gasteiger partial charge in [0.05, 0.1) is 24.6 Å². The van der Waals surface area contributed by atoms with Crippen molar-refractivity contribution in [2.75, 3.05) is 13.2 Å². The van der Waals surface area contributed by atoms with Crippen LogP contribution < -0.4 is 11.0 Å². The first kappa shape index (κ1) is 24.4. The fraction of sp³-hybridized carbons (Fsp3) is 0.269. The second-order valence-electron chi connectivity index (χ2n) is 8.44. The van der Waals surface area contributed by atoms with E-state index in [1.165, 1.54) is 15.0 Å². The predicted molar refractivity (Wildman–Crippen MR) is 128 cm³/mol. The molecule has 0 bridgehead atoms. The average Bonchev–Trinajstić information content (AvgIpc) is 3.39. The number of ether oxygens (including phenoxy) is 2. The summed E-state index contributed by atoms with van der Waals surface area (Å²) in [5, 5.41) is 0.0771. The zero-order chi connectivity index (χ0) is 26.1. The highest BCUT2D eigenvalue weighted by atomic mass is 19.1. The highest BCUT2D eigenvalue weighted by Crippen LogP contribution is 2.18. The van der Waals surface area contributed by atoms with Crippen molar-refractivity contribution in [1.29, 1.82) is 0 Å². The molecule has 1 amide bonds. The van der Waals surface area contributed by atoms with Crippen LogP contribution in [0.2, 0.25) is 0 Å². The van der Waals surface area contributed by atoms with E-state index in [9.17, 15) is 23.2 Å². The molecular formula is C26H22F2N4O5. The zero-order valence-corrected chi connectivity index (χ0v) is 19.8. The van der Waals surface area contributed by atoms with Crippen LogP contribution in [-0.2, 0) is 16.0 Å². The summed E-state index contributed by atoms with van der Waals surface area (Å²) in [6, 6.07) is 9.26. The van der Waals surface area contributed by atoms with Crippen molar-refractivity contribution >= 4 is 28.6 Å². The summed E-state index contributed by atoms with van der Waals surface area (Å²) >= 11 is 0. The third-order valence-corrected chi connectivity index (χ3v) is 6.08. The van der Waals surface area contributed by atoms with Gasteiger partial charge in [0.25, 0.3) is 11.5 Å². The van der Waals surface area contributed by atoms with Gasteiger partial charge >= 0.3 is 5.97 Å². The van der Waals surface area contributed by atoms with Crippen LogP contribution in [0, 0.1) is 11.6 Å². The monoisotopic (exact) mass is 508 g/mol. The molecule has 3 aromatic heterocycles. The lowest BCUT2D eigenvalue weighted by molar-refractivity contribution is 0.0521. The number of nitrogens with zero attached hydrogens (tertiary/aromatic N) is 4. The number of pyridine rings is 2. The first-order valence-electron chi connectivity index (χ1n) is 11.8. The third kappa shape index (κ3) is 4.53. The molecule has 11 heteroatoms. The second-order valence-corrected chi connectivity index (χ2v) is 8.44. The molecule has 1 atom stereocenters. The Balaban J connectivity index is 1.88. The number of halogens is 2. The lowest BCUT2D eigenvalue weighted by Crippen LogP contribution is -2.35. The van der Waals surface area contributed by atoms with Gasteiger partial charge < -0.3 is 14.0 Å². The number of esters is 1. The lowest BCUT2D eigenvalue weighted by atomic mass is 10.1. The van der Waals surface area contributed by atoms with Crippen molar-refractivity contribution in [2.45, 2.75) is 32.4 Å². The molecule has 9 nitrogen and oxygen atoms in total. The molecule has 0 spiro atoms. The van der Waals surface area contributed by atoms with E-state index in [-0.39, 0.29) is 41.3 Å². The van der Waals surface area contributed by atoms with Crippen LogP contribution in [-0.4, -0.2) is 45.1 Å². The Bertz CT molecular complexity index is 1650. The Labute approximate surface area is 208 Å². The van der Waals surface area contributed by atoms with Crippen LogP contribution in [0.4, 0.5) is 8.78 Å². The molecule has 1 fully saturated rings. The molecular weight excluding hydrogens is 486 g/mol. The van der Waals surface area contributed by atoms with E-state index in [2.05, 4.69) is 9.98 Å². The van der Waals surface area contributed by atoms with Gasteiger partial charge in [-0.1, -0.05) is 12.1 Å². The molecule has 1 aromatic carbocycles. The van der Waals surface area contributed by atoms with E-state index < -0.39 is 34.6 Å². The van der Waals surface area contributed by atoms with Gasteiger partial charge in [0, 0.05) is 12.8 Å². The molecule has 0 radical (unpaired) electrons. The van der Waals surface area contributed by atoms with Crippen molar-refractivity contribution in [1.82, 2.24) is 14.0 Å². The quantitative estimate of drug-likeness (QED) is 0.303. The van der Waals surface area contributed by atoms with Gasteiger partial charge in [-0.05, 0) is 50.1 Å². The molecule has 0 N–H and O–H groups in total. The SMILES string of the molecule is CCOC(=O)c1cc2c(=O)n3ccccc3nc2n(C[C@H]2CCCO2)c1=NC(=O)c1c(F)cccc1F. The van der Waals surface area contributed by atoms with E-state index in [0.29, 0.717) is 18.7 Å². The van der Waals surface area contributed by atoms with Gasteiger partial charge in [0.15, 0.2) is 5.49 Å². The Morgan fingerprint density at radius 2 is 1.97 bits per heavy atom. The van der Waals surface area contributed by atoms with Crippen LogP contribution in [0.3, 0.4) is 0 Å². The molecule has 0 unspecified atom stereocenters. The first-order valence-corrected chi connectivity index (χ1v) is 11.8. The maximum Gasteiger partial charge on any atom is 0.341 e. The van der Waals surface area contributed by atoms with E-state index in [1.54, 1.807) is 31.3 Å². The molecule has 4 heterocycles. The van der Waals surface area contributed by atoms with E-state index >= 15 is 0 Å². The van der Waals surface area contributed by atoms with Crippen molar-refractivity contribution in [3.8, 4) is 0 Å². The number of carbonyl (C=O) groups excluding carboxylic acids is 2. The smallest absolute Gasteiger partial charge is 0.341 e. The summed E-state index contributed by atoms with van der Waals surface area (Å²) < 4.78 is 42.5. The number of hydrogen-bond acceptors (Lipinski definition) is 6. The van der Waals surface area contributed by atoms with Gasteiger partial charge in [-0.2, -0.15) is 4.99 Å². The number of amides is 1. The third-order valence-electron chi connectivity index (χ3n) is 6.08. The zero-order valence-electron chi connectivity index (χ0n) is 19.8. The minimum atomic E-state index is -1.24. The molecule has 1 aliphatic heterocycles. The van der Waals surface area contributed by atoms with Crippen molar-refractivity contribution in [3.05, 3.63) is 87.3 Å². The minimum Gasteiger partial charge on any atom is -0.462 e. The molecule has 5 rings (SSSR count). The summed E-state index contributed by atoms with van der Waals surface area (Å²) in [6.45, 7) is 2.21. The minimum absolute atomic E-state index is 0.00683. The Kier molecular flexibility index (Phi) is 6.62. The Hall–Kier alpha value is -4.25. The van der Waals surface area contributed by atoms with Gasteiger partial charge in [0.1, 0.15) is 34.1 Å². The van der Waals surface area contributed by atoms with E-state index in [0.717, 1.165) is 24.6 Å². The molecule has 37 heavy (non-hydrogen) atoms. The number of rotatable bonds is 5. The van der Waals surface area contributed by atoms with Crippen LogP contribution in [0.25, 0.3) is 16.7 Å². The van der Waals surface area contributed by atoms with Crippen molar-refractivity contribution in [2.24, 2.45) is 4.99 Å². The molecule has 4 aromatic rings. The number of hydrogen-bond donors (Lipinski definition) is 0. The Morgan fingerprint density at radius 1 is 1.19 bits per heavy atom. The molecule has 1 saturated heterocycles. The Morgan fingerprint density at radius 3 is 2.68 bits per heavy atom. The summed E-state index contributed by atoms with van der Waals surface area (Å²) in [7, 11) is 0. The van der Waals surface area contributed by atoms with E-state index in [4.69, 9.17) is 9.47 Å². The summed E-state index contributed by atoms with van der Waals surface area (Å²) in [5.74, 6) is -4.29. The van der Waals surface area contributed by atoms with Gasteiger partial charge in [-0.3, -0.25) is 14.0 Å². The van der Waals surface area contributed by atoms with E-state index in [1.807, 2.05) is 0 Å². The van der Waals surface area contributed by atoms with Crippen molar-refractivity contribution in [3.63, 3.8) is 0 Å².